The molecule has 0 spiro atoms. The summed E-state index contributed by atoms with van der Waals surface area (Å²) in [6.45, 7) is 6.79. The van der Waals surface area contributed by atoms with Crippen LogP contribution in [0, 0.1) is 0 Å². The summed E-state index contributed by atoms with van der Waals surface area (Å²) in [4.78, 5) is 0. The van der Waals surface area contributed by atoms with E-state index in [0.29, 0.717) is 6.04 Å². The second-order valence-corrected chi connectivity index (χ2v) is 5.89. The summed E-state index contributed by atoms with van der Waals surface area (Å²) in [7, 11) is 0. The second-order valence-electron chi connectivity index (χ2n) is 5.89. The van der Waals surface area contributed by atoms with Gasteiger partial charge in [-0.1, -0.05) is 71.4 Å². The van der Waals surface area contributed by atoms with Gasteiger partial charge in [0.2, 0.25) is 0 Å². The van der Waals surface area contributed by atoms with Crippen LogP contribution in [0.2, 0.25) is 0 Å². The van der Waals surface area contributed by atoms with E-state index in [4.69, 9.17) is 0 Å². The maximum absolute atomic E-state index is 3.77. The van der Waals surface area contributed by atoms with Crippen LogP contribution in [0.4, 0.5) is 5.69 Å². The minimum absolute atomic E-state index is 0.653. The normalized spacial score (nSPS) is 11.0. The molecule has 1 aromatic rings. The molecule has 1 N–H and O–H groups in total. The van der Waals surface area contributed by atoms with Crippen LogP contribution >= 0.6 is 0 Å². The maximum atomic E-state index is 3.77. The number of nitrogens with one attached hydrogen (secondary N) is 1. The molecule has 0 unspecified atom stereocenters. The zero-order chi connectivity index (χ0) is 14.6. The van der Waals surface area contributed by atoms with E-state index in [-0.39, 0.29) is 0 Å². The first-order chi connectivity index (χ1) is 9.80. The molecule has 0 radical (unpaired) electrons. The Morgan fingerprint density at radius 3 is 2.10 bits per heavy atom. The summed E-state index contributed by atoms with van der Waals surface area (Å²) in [6.07, 6.45) is 11.8. The number of hydrogen-bond donors (Lipinski definition) is 1. The van der Waals surface area contributed by atoms with Crippen LogP contribution in [0.5, 0.6) is 0 Å². The lowest BCUT2D eigenvalue weighted by Crippen LogP contribution is -2.19. The van der Waals surface area contributed by atoms with Crippen molar-refractivity contribution < 1.29 is 0 Å². The number of benzene rings is 1. The molecule has 0 heterocycles. The zero-order valence-corrected chi connectivity index (χ0v) is 13.8. The van der Waals surface area contributed by atoms with Gasteiger partial charge < -0.3 is 5.32 Å². The van der Waals surface area contributed by atoms with Gasteiger partial charge >= 0.3 is 0 Å². The first-order valence-corrected chi connectivity index (χ1v) is 8.65. The van der Waals surface area contributed by atoms with Gasteiger partial charge in [0.15, 0.2) is 0 Å². The van der Waals surface area contributed by atoms with Crippen molar-refractivity contribution >= 4 is 5.69 Å². The van der Waals surface area contributed by atoms with Crippen molar-refractivity contribution in [2.45, 2.75) is 84.6 Å². The maximum Gasteiger partial charge on any atom is 0.0345 e. The number of aryl methyl sites for hydroxylation is 1. The Morgan fingerprint density at radius 1 is 0.900 bits per heavy atom. The minimum atomic E-state index is 0.653. The molecule has 0 atom stereocenters. The van der Waals surface area contributed by atoms with Crippen LogP contribution < -0.4 is 5.32 Å². The lowest BCUT2D eigenvalue weighted by atomic mass is 10.0. The molecule has 0 fully saturated rings. The van der Waals surface area contributed by atoms with Crippen molar-refractivity contribution in [1.82, 2.24) is 0 Å². The van der Waals surface area contributed by atoms with Gasteiger partial charge in [-0.25, -0.2) is 0 Å². The van der Waals surface area contributed by atoms with E-state index in [2.05, 4.69) is 50.4 Å². The molecule has 0 bridgehead atoms. The summed E-state index contributed by atoms with van der Waals surface area (Å²) < 4.78 is 0. The molecule has 0 aromatic heterocycles. The third-order valence-corrected chi connectivity index (χ3v) is 4.02. The molecule has 0 amide bonds. The van der Waals surface area contributed by atoms with Gasteiger partial charge in [-0.3, -0.25) is 0 Å². The topological polar surface area (TPSA) is 12.0 Å². The molecule has 0 aliphatic rings. The summed E-state index contributed by atoms with van der Waals surface area (Å²) in [6, 6.07) is 9.57. The zero-order valence-electron chi connectivity index (χ0n) is 13.8. The van der Waals surface area contributed by atoms with Crippen LogP contribution in [0.1, 0.15) is 77.7 Å². The predicted molar refractivity (Wildman–Crippen MR) is 91.5 cm³/mol. The van der Waals surface area contributed by atoms with Gasteiger partial charge in [0.05, 0.1) is 0 Å². The van der Waals surface area contributed by atoms with Crippen LogP contribution in [0.15, 0.2) is 24.3 Å². The molecule has 1 rings (SSSR count). The van der Waals surface area contributed by atoms with Gasteiger partial charge in [0, 0.05) is 11.7 Å². The Labute approximate surface area is 126 Å². The van der Waals surface area contributed by atoms with Crippen molar-refractivity contribution in [3.8, 4) is 0 Å². The highest BCUT2D eigenvalue weighted by atomic mass is 14.9. The largest absolute Gasteiger partial charge is 0.382 e. The van der Waals surface area contributed by atoms with Gasteiger partial charge in [-0.2, -0.15) is 0 Å². The SMILES string of the molecule is CCCCCC(CCCCC)Nc1cccc(CC)c1. The van der Waals surface area contributed by atoms with E-state index < -0.39 is 0 Å². The molecule has 20 heavy (non-hydrogen) atoms. The van der Waals surface area contributed by atoms with E-state index in [0.717, 1.165) is 6.42 Å². The quantitative estimate of drug-likeness (QED) is 0.475. The van der Waals surface area contributed by atoms with E-state index in [9.17, 15) is 0 Å². The summed E-state index contributed by atoms with van der Waals surface area (Å²) >= 11 is 0. The van der Waals surface area contributed by atoms with Crippen LogP contribution in [-0.4, -0.2) is 6.04 Å². The Morgan fingerprint density at radius 2 is 1.55 bits per heavy atom. The first kappa shape index (κ1) is 17.1. The number of unbranched alkanes of at least 4 members (excludes halogenated alkanes) is 4. The van der Waals surface area contributed by atoms with E-state index in [1.54, 1.807) is 0 Å². The molecule has 1 aromatic carbocycles. The Bertz CT molecular complexity index is 335. The monoisotopic (exact) mass is 275 g/mol. The van der Waals surface area contributed by atoms with Gasteiger partial charge in [0.25, 0.3) is 0 Å². The second kappa shape index (κ2) is 10.8. The highest BCUT2D eigenvalue weighted by molar-refractivity contribution is 5.46. The van der Waals surface area contributed by atoms with E-state index in [1.165, 1.54) is 62.6 Å². The van der Waals surface area contributed by atoms with Crippen molar-refractivity contribution in [1.29, 1.82) is 0 Å². The third-order valence-electron chi connectivity index (χ3n) is 4.02. The molecule has 0 saturated carbocycles. The molecule has 0 saturated heterocycles. The average Bonchev–Trinajstić information content (AvgIpc) is 2.47. The number of rotatable bonds is 11. The molecule has 114 valence electrons. The Balaban J connectivity index is 2.51. The van der Waals surface area contributed by atoms with Crippen molar-refractivity contribution in [2.24, 2.45) is 0 Å². The fraction of sp³-hybridized carbons (Fsp3) is 0.684. The van der Waals surface area contributed by atoms with Crippen molar-refractivity contribution in [2.75, 3.05) is 5.32 Å². The molecule has 0 aliphatic carbocycles. The Kier molecular flexibility index (Phi) is 9.19. The minimum Gasteiger partial charge on any atom is -0.382 e. The number of hydrogen-bond acceptors (Lipinski definition) is 1. The molecular formula is C19H33N. The predicted octanol–water partition coefficient (Wildman–Crippen LogP) is 6.19. The van der Waals surface area contributed by atoms with Crippen LogP contribution in [-0.2, 0) is 6.42 Å². The van der Waals surface area contributed by atoms with Crippen LogP contribution in [0.25, 0.3) is 0 Å². The van der Waals surface area contributed by atoms with Gasteiger partial charge in [-0.15, -0.1) is 0 Å². The fourth-order valence-corrected chi connectivity index (χ4v) is 2.69. The number of anilines is 1. The van der Waals surface area contributed by atoms with E-state index in [1.807, 2.05) is 0 Å². The lowest BCUT2D eigenvalue weighted by molar-refractivity contribution is 0.526. The molecule has 0 aliphatic heterocycles. The summed E-state index contributed by atoms with van der Waals surface area (Å²) in [5.41, 5.74) is 2.73. The summed E-state index contributed by atoms with van der Waals surface area (Å²) in [5, 5.41) is 3.77. The smallest absolute Gasteiger partial charge is 0.0345 e. The molecule has 1 nitrogen and oxygen atoms in total. The van der Waals surface area contributed by atoms with Gasteiger partial charge in [-0.05, 0) is 37.0 Å². The standard InChI is InChI=1S/C19H33N/c1-4-7-9-13-18(14-10-8-5-2)20-19-15-11-12-17(6-3)16-19/h11-12,15-16,18,20H,4-10,13-14H2,1-3H3. The van der Waals surface area contributed by atoms with Crippen molar-refractivity contribution in [3.63, 3.8) is 0 Å². The van der Waals surface area contributed by atoms with Crippen LogP contribution in [0.3, 0.4) is 0 Å². The van der Waals surface area contributed by atoms with Crippen molar-refractivity contribution in [3.05, 3.63) is 29.8 Å². The lowest BCUT2D eigenvalue weighted by Gasteiger charge is -2.20. The average molecular weight is 275 g/mol. The molecule has 1 heteroatoms. The highest BCUT2D eigenvalue weighted by Crippen LogP contribution is 2.18. The first-order valence-electron chi connectivity index (χ1n) is 8.65. The molecular weight excluding hydrogens is 242 g/mol. The third kappa shape index (κ3) is 6.98. The fourth-order valence-electron chi connectivity index (χ4n) is 2.69. The Hall–Kier alpha value is -0.980. The van der Waals surface area contributed by atoms with E-state index >= 15 is 0 Å². The summed E-state index contributed by atoms with van der Waals surface area (Å²) in [5.74, 6) is 0. The van der Waals surface area contributed by atoms with Gasteiger partial charge in [0.1, 0.15) is 0 Å². The highest BCUT2D eigenvalue weighted by Gasteiger charge is 2.08.